The summed E-state index contributed by atoms with van der Waals surface area (Å²) in [5.41, 5.74) is 13.1. The van der Waals surface area contributed by atoms with E-state index in [1.54, 1.807) is 12.4 Å². The van der Waals surface area contributed by atoms with Crippen molar-refractivity contribution in [3.8, 4) is 11.3 Å². The van der Waals surface area contributed by atoms with Gasteiger partial charge in [0.05, 0.1) is 17.1 Å². The lowest BCUT2D eigenvalue weighted by Gasteiger charge is -2.12. The summed E-state index contributed by atoms with van der Waals surface area (Å²) in [6.45, 7) is 0. The Bertz CT molecular complexity index is 999. The molecule has 0 saturated heterocycles. The van der Waals surface area contributed by atoms with Crippen molar-refractivity contribution in [1.29, 1.82) is 0 Å². The molecule has 0 radical (unpaired) electrons. The molecule has 0 atom stereocenters. The molecular formula is C22H20ClN3O. The van der Waals surface area contributed by atoms with Crippen LogP contribution >= 0.6 is 11.6 Å². The number of nitrogens with two attached hydrogens (primary N) is 1. The Morgan fingerprint density at radius 1 is 1.07 bits per heavy atom. The maximum absolute atomic E-state index is 11.1. The van der Waals surface area contributed by atoms with Crippen LogP contribution < -0.4 is 5.73 Å². The zero-order valence-electron chi connectivity index (χ0n) is 14.9. The number of carbonyl (C=O) groups is 1. The van der Waals surface area contributed by atoms with Crippen LogP contribution in [0.25, 0.3) is 11.3 Å². The fraction of sp³-hybridized carbons (Fsp3) is 0.227. The second-order valence-corrected chi connectivity index (χ2v) is 7.41. The summed E-state index contributed by atoms with van der Waals surface area (Å²) in [7, 11) is 0. The fourth-order valence-corrected chi connectivity index (χ4v) is 3.85. The lowest BCUT2D eigenvalue weighted by molar-refractivity contribution is -0.117. The van der Waals surface area contributed by atoms with E-state index >= 15 is 0 Å². The van der Waals surface area contributed by atoms with E-state index in [9.17, 15) is 4.79 Å². The number of rotatable bonds is 5. The second kappa shape index (κ2) is 7.49. The van der Waals surface area contributed by atoms with Crippen molar-refractivity contribution in [2.45, 2.75) is 32.1 Å². The molecule has 1 aromatic carbocycles. The largest absolute Gasteiger partial charge is 0.369 e. The fourth-order valence-electron chi connectivity index (χ4n) is 3.68. The van der Waals surface area contributed by atoms with E-state index in [0.29, 0.717) is 5.02 Å². The molecule has 3 aromatic rings. The van der Waals surface area contributed by atoms with E-state index < -0.39 is 0 Å². The molecule has 136 valence electrons. The molecule has 2 heterocycles. The van der Waals surface area contributed by atoms with Crippen LogP contribution in [-0.2, 0) is 30.5 Å². The monoisotopic (exact) mass is 377 g/mol. The van der Waals surface area contributed by atoms with Gasteiger partial charge in [0.25, 0.3) is 0 Å². The number of aryl methyl sites for hydroxylation is 1. The molecular weight excluding hydrogens is 358 g/mol. The number of fused-ring (bicyclic) bond motifs is 1. The first kappa shape index (κ1) is 17.7. The number of benzene rings is 1. The first-order chi connectivity index (χ1) is 13.1. The maximum atomic E-state index is 11.1. The summed E-state index contributed by atoms with van der Waals surface area (Å²) in [6.07, 6.45) is 7.78. The van der Waals surface area contributed by atoms with Gasteiger partial charge in [0.2, 0.25) is 5.91 Å². The Hall–Kier alpha value is -2.72. The summed E-state index contributed by atoms with van der Waals surface area (Å²) < 4.78 is 0. The minimum absolute atomic E-state index is 0.275. The van der Waals surface area contributed by atoms with Crippen molar-refractivity contribution >= 4 is 17.5 Å². The van der Waals surface area contributed by atoms with Crippen molar-refractivity contribution in [2.75, 3.05) is 0 Å². The number of pyridine rings is 2. The zero-order chi connectivity index (χ0) is 18.8. The van der Waals surface area contributed by atoms with E-state index in [1.807, 2.05) is 18.2 Å². The van der Waals surface area contributed by atoms with Gasteiger partial charge in [-0.2, -0.15) is 0 Å². The maximum Gasteiger partial charge on any atom is 0.221 e. The van der Waals surface area contributed by atoms with Crippen molar-refractivity contribution in [3.63, 3.8) is 0 Å². The van der Waals surface area contributed by atoms with Crippen LogP contribution in [-0.4, -0.2) is 15.9 Å². The molecule has 0 fully saturated rings. The zero-order valence-corrected chi connectivity index (χ0v) is 15.7. The lowest BCUT2D eigenvalue weighted by Crippen LogP contribution is -2.13. The van der Waals surface area contributed by atoms with Crippen LogP contribution in [0, 0.1) is 0 Å². The van der Waals surface area contributed by atoms with Gasteiger partial charge < -0.3 is 5.73 Å². The Morgan fingerprint density at radius 2 is 1.85 bits per heavy atom. The van der Waals surface area contributed by atoms with E-state index in [2.05, 4.69) is 23.2 Å². The minimum atomic E-state index is -0.311. The molecule has 4 nitrogen and oxygen atoms in total. The summed E-state index contributed by atoms with van der Waals surface area (Å²) in [5, 5.41) is 0.612. The topological polar surface area (TPSA) is 68.9 Å². The SMILES string of the molecule is NC(=O)Cc1ccc(Cc2cc(-c3cncc(Cl)c3)nc3c2CCC3)cc1. The van der Waals surface area contributed by atoms with Crippen LogP contribution in [0.5, 0.6) is 0 Å². The average Bonchev–Trinajstić information content (AvgIpc) is 3.12. The third-order valence-electron chi connectivity index (χ3n) is 4.94. The standard InChI is InChI=1S/C22H20ClN3O/c23-18-10-17(12-25-13-18)21-11-16(19-2-1-3-20(19)26-21)8-14-4-6-15(7-5-14)9-22(24)27/h4-7,10-13H,1-3,8-9H2,(H2,24,27). The smallest absolute Gasteiger partial charge is 0.221 e. The summed E-state index contributed by atoms with van der Waals surface area (Å²) in [4.78, 5) is 20.1. The van der Waals surface area contributed by atoms with Gasteiger partial charge in [-0.05, 0) is 60.1 Å². The average molecular weight is 378 g/mol. The summed E-state index contributed by atoms with van der Waals surface area (Å²) in [6, 6.07) is 12.2. The first-order valence-corrected chi connectivity index (χ1v) is 9.45. The van der Waals surface area contributed by atoms with Gasteiger partial charge in [0, 0.05) is 23.7 Å². The number of halogens is 1. The Morgan fingerprint density at radius 3 is 2.59 bits per heavy atom. The van der Waals surface area contributed by atoms with Crippen molar-refractivity contribution in [3.05, 3.63) is 81.8 Å². The third-order valence-corrected chi connectivity index (χ3v) is 5.15. The quantitative estimate of drug-likeness (QED) is 0.733. The number of nitrogens with zero attached hydrogens (tertiary/aromatic N) is 2. The van der Waals surface area contributed by atoms with Crippen molar-refractivity contribution in [2.24, 2.45) is 5.73 Å². The van der Waals surface area contributed by atoms with Crippen molar-refractivity contribution in [1.82, 2.24) is 9.97 Å². The second-order valence-electron chi connectivity index (χ2n) is 6.97. The molecule has 0 bridgehead atoms. The van der Waals surface area contributed by atoms with E-state index in [4.69, 9.17) is 22.3 Å². The van der Waals surface area contributed by atoms with Gasteiger partial charge in [-0.25, -0.2) is 0 Å². The van der Waals surface area contributed by atoms with Crippen LogP contribution in [0.1, 0.15) is 34.4 Å². The normalized spacial score (nSPS) is 12.8. The third kappa shape index (κ3) is 4.01. The van der Waals surface area contributed by atoms with Crippen LogP contribution in [0.15, 0.2) is 48.8 Å². The van der Waals surface area contributed by atoms with E-state index in [-0.39, 0.29) is 12.3 Å². The number of primary amides is 1. The highest BCUT2D eigenvalue weighted by atomic mass is 35.5. The molecule has 0 spiro atoms. The van der Waals surface area contributed by atoms with Crippen molar-refractivity contribution < 1.29 is 4.79 Å². The number of hydrogen-bond acceptors (Lipinski definition) is 3. The van der Waals surface area contributed by atoms with Gasteiger partial charge in [-0.15, -0.1) is 0 Å². The molecule has 1 aliphatic rings. The Balaban J connectivity index is 1.67. The molecule has 1 amide bonds. The minimum Gasteiger partial charge on any atom is -0.369 e. The molecule has 27 heavy (non-hydrogen) atoms. The molecule has 0 saturated carbocycles. The molecule has 0 unspecified atom stereocenters. The predicted molar refractivity (Wildman–Crippen MR) is 107 cm³/mol. The van der Waals surface area contributed by atoms with E-state index in [1.165, 1.54) is 22.4 Å². The Kier molecular flexibility index (Phi) is 4.90. The van der Waals surface area contributed by atoms with Crippen LogP contribution in [0.4, 0.5) is 0 Å². The van der Waals surface area contributed by atoms with Gasteiger partial charge in [0.1, 0.15) is 0 Å². The first-order valence-electron chi connectivity index (χ1n) is 9.07. The number of hydrogen-bond donors (Lipinski definition) is 1. The highest BCUT2D eigenvalue weighted by Crippen LogP contribution is 2.30. The lowest BCUT2D eigenvalue weighted by atomic mass is 9.96. The molecule has 5 heteroatoms. The molecule has 0 aliphatic heterocycles. The van der Waals surface area contributed by atoms with Gasteiger partial charge >= 0.3 is 0 Å². The predicted octanol–water partition coefficient (Wildman–Crippen LogP) is 3.90. The Labute approximate surface area is 163 Å². The molecule has 1 aliphatic carbocycles. The van der Waals surface area contributed by atoms with Crippen LogP contribution in [0.3, 0.4) is 0 Å². The van der Waals surface area contributed by atoms with Gasteiger partial charge in [-0.3, -0.25) is 14.8 Å². The highest BCUT2D eigenvalue weighted by Gasteiger charge is 2.19. The molecule has 2 N–H and O–H groups in total. The summed E-state index contributed by atoms with van der Waals surface area (Å²) >= 11 is 6.11. The van der Waals surface area contributed by atoms with E-state index in [0.717, 1.165) is 42.5 Å². The van der Waals surface area contributed by atoms with Gasteiger partial charge in [0.15, 0.2) is 0 Å². The number of amides is 1. The molecule has 4 rings (SSSR count). The summed E-state index contributed by atoms with van der Waals surface area (Å²) in [5.74, 6) is -0.311. The number of aromatic nitrogens is 2. The van der Waals surface area contributed by atoms with Crippen LogP contribution in [0.2, 0.25) is 5.02 Å². The molecule has 2 aromatic heterocycles. The van der Waals surface area contributed by atoms with Gasteiger partial charge in [-0.1, -0.05) is 35.9 Å². The number of carbonyl (C=O) groups excluding carboxylic acids is 1. The highest BCUT2D eigenvalue weighted by molar-refractivity contribution is 6.30.